The van der Waals surface area contributed by atoms with Crippen LogP contribution in [0.15, 0.2) is 24.7 Å². The quantitative estimate of drug-likeness (QED) is 0.817. The molecule has 2 heterocycles. The Hall–Kier alpha value is -2.04. The van der Waals surface area contributed by atoms with Gasteiger partial charge in [0.2, 0.25) is 0 Å². The number of nitrogens with zero attached hydrogens (tertiary/aromatic N) is 2. The van der Waals surface area contributed by atoms with Crippen LogP contribution in [-0.2, 0) is 18.3 Å². The number of aliphatic carboxylic acids is 1. The van der Waals surface area contributed by atoms with E-state index in [-0.39, 0.29) is 6.42 Å². The molecule has 84 valence electrons. The molecule has 2 N–H and O–H groups in total. The Morgan fingerprint density at radius 2 is 2.44 bits per heavy atom. The molecule has 0 bridgehead atoms. The molecule has 16 heavy (non-hydrogen) atoms. The molecule has 0 unspecified atom stereocenters. The summed E-state index contributed by atoms with van der Waals surface area (Å²) in [7, 11) is 1.90. The highest BCUT2D eigenvalue weighted by Crippen LogP contribution is 2.19. The summed E-state index contributed by atoms with van der Waals surface area (Å²) in [5.41, 5.74) is 2.04. The van der Waals surface area contributed by atoms with Crippen molar-refractivity contribution in [1.82, 2.24) is 14.5 Å². The minimum absolute atomic E-state index is 0.109. The number of nitrogens with one attached hydrogen (secondary N) is 1. The van der Waals surface area contributed by atoms with E-state index in [0.717, 1.165) is 17.1 Å². The van der Waals surface area contributed by atoms with Crippen molar-refractivity contribution in [2.24, 2.45) is 7.05 Å². The van der Waals surface area contributed by atoms with Crippen molar-refractivity contribution < 1.29 is 9.90 Å². The lowest BCUT2D eigenvalue weighted by molar-refractivity contribution is -0.137. The fraction of sp³-hybridized carbons (Fsp3) is 0.273. The van der Waals surface area contributed by atoms with E-state index < -0.39 is 5.97 Å². The highest BCUT2D eigenvalue weighted by atomic mass is 16.4. The van der Waals surface area contributed by atoms with Gasteiger partial charge in [-0.05, 0) is 6.07 Å². The summed E-state index contributed by atoms with van der Waals surface area (Å²) in [5, 5.41) is 8.61. The molecule has 0 aromatic carbocycles. The number of carbonyl (C=O) groups is 1. The number of carboxylic acid groups (broad SMARTS) is 1. The van der Waals surface area contributed by atoms with E-state index in [1.165, 1.54) is 0 Å². The van der Waals surface area contributed by atoms with Gasteiger partial charge in [0.1, 0.15) is 5.82 Å². The number of hydrogen-bond acceptors (Lipinski definition) is 2. The molecule has 0 radical (unpaired) electrons. The van der Waals surface area contributed by atoms with Gasteiger partial charge in [0, 0.05) is 31.4 Å². The SMILES string of the molecule is Cn1c(-c2cc[nH]c2)cnc1CCC(=O)O. The van der Waals surface area contributed by atoms with E-state index in [1.54, 1.807) is 6.20 Å². The first-order valence-corrected chi connectivity index (χ1v) is 5.04. The fourth-order valence-electron chi connectivity index (χ4n) is 1.65. The summed E-state index contributed by atoms with van der Waals surface area (Å²) in [6.45, 7) is 0. The van der Waals surface area contributed by atoms with Crippen LogP contribution in [0.1, 0.15) is 12.2 Å². The van der Waals surface area contributed by atoms with Gasteiger partial charge in [-0.3, -0.25) is 4.79 Å². The lowest BCUT2D eigenvalue weighted by Gasteiger charge is -2.03. The summed E-state index contributed by atoms with van der Waals surface area (Å²) < 4.78 is 1.92. The van der Waals surface area contributed by atoms with Crippen molar-refractivity contribution >= 4 is 5.97 Å². The van der Waals surface area contributed by atoms with Crippen molar-refractivity contribution in [2.75, 3.05) is 0 Å². The Labute approximate surface area is 92.8 Å². The van der Waals surface area contributed by atoms with Gasteiger partial charge in [-0.2, -0.15) is 0 Å². The molecule has 0 saturated carbocycles. The van der Waals surface area contributed by atoms with Gasteiger partial charge in [-0.15, -0.1) is 0 Å². The highest BCUT2D eigenvalue weighted by Gasteiger charge is 2.09. The number of imidazole rings is 1. The Bertz CT molecular complexity index is 485. The van der Waals surface area contributed by atoms with Crippen LogP contribution in [0.25, 0.3) is 11.3 Å². The van der Waals surface area contributed by atoms with Crippen LogP contribution >= 0.6 is 0 Å². The third-order valence-corrected chi connectivity index (χ3v) is 2.54. The predicted molar refractivity (Wildman–Crippen MR) is 59.0 cm³/mol. The monoisotopic (exact) mass is 219 g/mol. The van der Waals surface area contributed by atoms with Gasteiger partial charge < -0.3 is 14.7 Å². The van der Waals surface area contributed by atoms with E-state index in [2.05, 4.69) is 9.97 Å². The smallest absolute Gasteiger partial charge is 0.303 e. The van der Waals surface area contributed by atoms with Gasteiger partial charge in [0.15, 0.2) is 0 Å². The molecule has 0 amide bonds. The number of carboxylic acids is 1. The first kappa shape index (κ1) is 10.5. The van der Waals surface area contributed by atoms with Crippen LogP contribution in [0.4, 0.5) is 0 Å². The normalized spacial score (nSPS) is 10.6. The van der Waals surface area contributed by atoms with Crippen molar-refractivity contribution in [2.45, 2.75) is 12.8 Å². The summed E-state index contributed by atoms with van der Waals surface area (Å²) in [4.78, 5) is 17.7. The summed E-state index contributed by atoms with van der Waals surface area (Å²) in [5.74, 6) is -0.00945. The standard InChI is InChI=1S/C11H13N3O2/c1-14-9(8-4-5-12-6-8)7-13-10(14)2-3-11(15)16/h4-7,12H,2-3H2,1H3,(H,15,16). The van der Waals surface area contributed by atoms with E-state index in [4.69, 9.17) is 5.11 Å². The first-order chi connectivity index (χ1) is 7.68. The Morgan fingerprint density at radius 3 is 3.06 bits per heavy atom. The number of aromatic amines is 1. The molecule has 0 aliphatic heterocycles. The van der Waals surface area contributed by atoms with E-state index in [9.17, 15) is 4.79 Å². The minimum Gasteiger partial charge on any atom is -0.481 e. The lowest BCUT2D eigenvalue weighted by Crippen LogP contribution is -2.03. The third kappa shape index (κ3) is 1.98. The maximum atomic E-state index is 10.5. The maximum Gasteiger partial charge on any atom is 0.303 e. The zero-order valence-electron chi connectivity index (χ0n) is 8.97. The topological polar surface area (TPSA) is 70.9 Å². The van der Waals surface area contributed by atoms with E-state index in [0.29, 0.717) is 6.42 Å². The molecule has 2 rings (SSSR count). The molecule has 5 nitrogen and oxygen atoms in total. The fourth-order valence-corrected chi connectivity index (χ4v) is 1.65. The largest absolute Gasteiger partial charge is 0.481 e. The molecule has 2 aromatic heterocycles. The Morgan fingerprint density at radius 1 is 1.62 bits per heavy atom. The van der Waals surface area contributed by atoms with Gasteiger partial charge in [-0.1, -0.05) is 0 Å². The summed E-state index contributed by atoms with van der Waals surface area (Å²) in [6, 6.07) is 1.96. The third-order valence-electron chi connectivity index (χ3n) is 2.54. The molecular weight excluding hydrogens is 206 g/mol. The Balaban J connectivity index is 2.21. The van der Waals surface area contributed by atoms with Crippen LogP contribution in [0, 0.1) is 0 Å². The van der Waals surface area contributed by atoms with Gasteiger partial charge in [0.25, 0.3) is 0 Å². The molecule has 0 saturated heterocycles. The molecule has 0 aliphatic rings. The molecule has 5 heteroatoms. The van der Waals surface area contributed by atoms with Gasteiger partial charge in [-0.25, -0.2) is 4.98 Å². The molecule has 0 spiro atoms. The number of aryl methyl sites for hydroxylation is 1. The summed E-state index contributed by atoms with van der Waals surface area (Å²) in [6.07, 6.45) is 6.06. The van der Waals surface area contributed by atoms with Crippen molar-refractivity contribution in [3.8, 4) is 11.3 Å². The average Bonchev–Trinajstić information content (AvgIpc) is 2.84. The summed E-state index contributed by atoms with van der Waals surface area (Å²) >= 11 is 0. The van der Waals surface area contributed by atoms with Crippen LogP contribution in [0.3, 0.4) is 0 Å². The second-order valence-corrected chi connectivity index (χ2v) is 3.61. The molecule has 0 aliphatic carbocycles. The molecule has 0 atom stereocenters. The van der Waals surface area contributed by atoms with Gasteiger partial charge in [0.05, 0.1) is 18.3 Å². The zero-order chi connectivity index (χ0) is 11.5. The van der Waals surface area contributed by atoms with Gasteiger partial charge >= 0.3 is 5.97 Å². The first-order valence-electron chi connectivity index (χ1n) is 5.04. The molecule has 2 aromatic rings. The maximum absolute atomic E-state index is 10.5. The number of hydrogen-bond donors (Lipinski definition) is 2. The second kappa shape index (κ2) is 4.22. The van der Waals surface area contributed by atoms with Crippen LogP contribution in [0.2, 0.25) is 0 Å². The van der Waals surface area contributed by atoms with E-state index in [1.807, 2.05) is 30.1 Å². The highest BCUT2D eigenvalue weighted by molar-refractivity contribution is 5.67. The average molecular weight is 219 g/mol. The van der Waals surface area contributed by atoms with Crippen molar-refractivity contribution in [1.29, 1.82) is 0 Å². The number of rotatable bonds is 4. The number of H-pyrrole nitrogens is 1. The molecular formula is C11H13N3O2. The number of aromatic nitrogens is 3. The lowest BCUT2D eigenvalue weighted by atomic mass is 10.2. The van der Waals surface area contributed by atoms with E-state index >= 15 is 0 Å². The van der Waals surface area contributed by atoms with Crippen molar-refractivity contribution in [3.63, 3.8) is 0 Å². The second-order valence-electron chi connectivity index (χ2n) is 3.61. The van der Waals surface area contributed by atoms with Crippen molar-refractivity contribution in [3.05, 3.63) is 30.5 Å². The van der Waals surface area contributed by atoms with Crippen LogP contribution in [-0.4, -0.2) is 25.6 Å². The zero-order valence-corrected chi connectivity index (χ0v) is 8.97. The Kier molecular flexibility index (Phi) is 2.76. The predicted octanol–water partition coefficient (Wildman–Crippen LogP) is 1.43. The van der Waals surface area contributed by atoms with Crippen LogP contribution < -0.4 is 0 Å². The molecule has 0 fully saturated rings. The van der Waals surface area contributed by atoms with Crippen LogP contribution in [0.5, 0.6) is 0 Å². The minimum atomic E-state index is -0.800.